The van der Waals surface area contributed by atoms with Gasteiger partial charge in [-0.3, -0.25) is 9.78 Å². The van der Waals surface area contributed by atoms with Gasteiger partial charge >= 0.3 is 0 Å². The minimum absolute atomic E-state index is 0.0569. The van der Waals surface area contributed by atoms with Crippen molar-refractivity contribution in [2.75, 3.05) is 6.26 Å². The number of pyridine rings is 1. The van der Waals surface area contributed by atoms with Crippen LogP contribution in [0, 0.1) is 5.82 Å². The number of carbonyl (C=O) groups is 1. The van der Waals surface area contributed by atoms with Gasteiger partial charge in [-0.15, -0.1) is 11.8 Å². The Labute approximate surface area is 103 Å². The molecule has 17 heavy (non-hydrogen) atoms. The van der Waals surface area contributed by atoms with Crippen molar-refractivity contribution >= 4 is 17.5 Å². The van der Waals surface area contributed by atoms with Crippen LogP contribution in [0.3, 0.4) is 0 Å². The third-order valence-electron chi connectivity index (χ3n) is 2.37. The highest BCUT2D eigenvalue weighted by atomic mass is 32.2. The average molecular weight is 247 g/mol. The highest BCUT2D eigenvalue weighted by molar-refractivity contribution is 7.98. The van der Waals surface area contributed by atoms with Gasteiger partial charge in [0.05, 0.1) is 11.8 Å². The van der Waals surface area contributed by atoms with E-state index in [1.807, 2.05) is 18.4 Å². The lowest BCUT2D eigenvalue weighted by molar-refractivity contribution is 0.103. The van der Waals surface area contributed by atoms with Crippen LogP contribution in [0.1, 0.15) is 15.9 Å². The number of halogens is 1. The van der Waals surface area contributed by atoms with Crippen molar-refractivity contribution in [1.29, 1.82) is 0 Å². The Bertz CT molecular complexity index is 557. The van der Waals surface area contributed by atoms with E-state index >= 15 is 0 Å². The molecule has 0 aliphatic heterocycles. The van der Waals surface area contributed by atoms with E-state index in [0.717, 1.165) is 11.1 Å². The first-order valence-corrected chi connectivity index (χ1v) is 6.23. The van der Waals surface area contributed by atoms with Gasteiger partial charge in [0.15, 0.2) is 11.6 Å². The summed E-state index contributed by atoms with van der Waals surface area (Å²) in [5, 5.41) is 0. The van der Waals surface area contributed by atoms with Crippen molar-refractivity contribution in [2.24, 2.45) is 0 Å². The highest BCUT2D eigenvalue weighted by Crippen LogP contribution is 2.23. The summed E-state index contributed by atoms with van der Waals surface area (Å²) in [5.74, 6) is -0.900. The molecule has 86 valence electrons. The van der Waals surface area contributed by atoms with Crippen LogP contribution in [-0.2, 0) is 0 Å². The summed E-state index contributed by atoms with van der Waals surface area (Å²) >= 11 is 1.47. The Morgan fingerprint density at radius 2 is 2.00 bits per heavy atom. The second-order valence-corrected chi connectivity index (χ2v) is 4.23. The number of thioether (sulfide) groups is 1. The minimum Gasteiger partial charge on any atom is -0.288 e. The first kappa shape index (κ1) is 11.8. The topological polar surface area (TPSA) is 30.0 Å². The zero-order valence-corrected chi connectivity index (χ0v) is 10.00. The van der Waals surface area contributed by atoms with E-state index in [2.05, 4.69) is 4.98 Å². The predicted octanol–water partition coefficient (Wildman–Crippen LogP) is 3.17. The number of nitrogens with zero attached hydrogens (tertiary/aromatic N) is 1. The summed E-state index contributed by atoms with van der Waals surface area (Å²) < 4.78 is 13.5. The van der Waals surface area contributed by atoms with Gasteiger partial charge < -0.3 is 0 Å². The van der Waals surface area contributed by atoms with Crippen LogP contribution in [0.25, 0.3) is 0 Å². The lowest BCUT2D eigenvalue weighted by Crippen LogP contribution is -2.05. The fourth-order valence-corrected chi connectivity index (χ4v) is 2.13. The van der Waals surface area contributed by atoms with Crippen LogP contribution in [-0.4, -0.2) is 17.0 Å². The summed E-state index contributed by atoms with van der Waals surface area (Å²) in [5.41, 5.74) is 0.576. The van der Waals surface area contributed by atoms with Crippen LogP contribution >= 0.6 is 11.8 Å². The van der Waals surface area contributed by atoms with Gasteiger partial charge in [-0.05, 0) is 24.5 Å². The molecular formula is C13H10FNOS. The molecule has 0 atom stereocenters. The first-order chi connectivity index (χ1) is 8.24. The SMILES string of the molecule is CSc1ccccc1C(=O)c1ccncc1F. The Morgan fingerprint density at radius 3 is 2.71 bits per heavy atom. The molecule has 0 bridgehead atoms. The zero-order valence-electron chi connectivity index (χ0n) is 9.18. The molecule has 2 nitrogen and oxygen atoms in total. The molecule has 0 spiro atoms. The molecule has 0 aliphatic rings. The van der Waals surface area contributed by atoms with Crippen LogP contribution in [0.2, 0.25) is 0 Å². The number of hydrogen-bond acceptors (Lipinski definition) is 3. The molecule has 1 aromatic carbocycles. The van der Waals surface area contributed by atoms with Gasteiger partial charge in [-0.2, -0.15) is 0 Å². The monoisotopic (exact) mass is 247 g/mol. The van der Waals surface area contributed by atoms with Crippen LogP contribution in [0.4, 0.5) is 4.39 Å². The van der Waals surface area contributed by atoms with Gasteiger partial charge in [0.2, 0.25) is 0 Å². The molecule has 0 unspecified atom stereocenters. The first-order valence-electron chi connectivity index (χ1n) is 5.01. The zero-order chi connectivity index (χ0) is 12.3. The van der Waals surface area contributed by atoms with Gasteiger partial charge in [0, 0.05) is 16.7 Å². The molecule has 0 saturated heterocycles. The second kappa shape index (κ2) is 5.10. The van der Waals surface area contributed by atoms with Crippen molar-refractivity contribution in [3.8, 4) is 0 Å². The van der Waals surface area contributed by atoms with Crippen LogP contribution in [0.15, 0.2) is 47.6 Å². The standard InChI is InChI=1S/C13H10FNOS/c1-17-12-5-3-2-4-10(12)13(16)9-6-7-15-8-11(9)14/h2-8H,1H3. The lowest BCUT2D eigenvalue weighted by atomic mass is 10.0. The number of aromatic nitrogens is 1. The predicted molar refractivity (Wildman–Crippen MR) is 65.9 cm³/mol. The van der Waals surface area contributed by atoms with Crippen molar-refractivity contribution in [1.82, 2.24) is 4.98 Å². The molecular weight excluding hydrogens is 237 g/mol. The van der Waals surface area contributed by atoms with E-state index in [9.17, 15) is 9.18 Å². The molecule has 2 rings (SSSR count). The van der Waals surface area contributed by atoms with E-state index in [-0.39, 0.29) is 11.3 Å². The summed E-state index contributed by atoms with van der Waals surface area (Å²) in [4.78, 5) is 16.6. The maximum atomic E-state index is 13.5. The third kappa shape index (κ3) is 2.36. The van der Waals surface area contributed by atoms with Gasteiger partial charge in [0.1, 0.15) is 0 Å². The maximum Gasteiger partial charge on any atom is 0.197 e. The normalized spacial score (nSPS) is 10.2. The van der Waals surface area contributed by atoms with E-state index in [1.165, 1.54) is 24.0 Å². The molecule has 4 heteroatoms. The van der Waals surface area contributed by atoms with E-state index in [1.54, 1.807) is 12.1 Å². The summed E-state index contributed by atoms with van der Waals surface area (Å²) in [7, 11) is 0. The van der Waals surface area contributed by atoms with Crippen molar-refractivity contribution in [2.45, 2.75) is 4.90 Å². The van der Waals surface area contributed by atoms with Gasteiger partial charge in [0.25, 0.3) is 0 Å². The van der Waals surface area contributed by atoms with Gasteiger partial charge in [-0.25, -0.2) is 4.39 Å². The minimum atomic E-state index is -0.589. The molecule has 0 radical (unpaired) electrons. The smallest absolute Gasteiger partial charge is 0.197 e. The Hall–Kier alpha value is -1.68. The fraction of sp³-hybridized carbons (Fsp3) is 0.0769. The van der Waals surface area contributed by atoms with Crippen LogP contribution < -0.4 is 0 Å². The molecule has 2 aromatic rings. The number of ketones is 1. The average Bonchev–Trinajstić information content (AvgIpc) is 2.38. The van der Waals surface area contributed by atoms with E-state index in [0.29, 0.717) is 5.56 Å². The summed E-state index contributed by atoms with van der Waals surface area (Å²) in [6.45, 7) is 0. The van der Waals surface area contributed by atoms with Crippen molar-refractivity contribution < 1.29 is 9.18 Å². The number of rotatable bonds is 3. The Balaban J connectivity index is 2.48. The van der Waals surface area contributed by atoms with E-state index in [4.69, 9.17) is 0 Å². The Morgan fingerprint density at radius 1 is 1.24 bits per heavy atom. The summed E-state index contributed by atoms with van der Waals surface area (Å²) in [6.07, 6.45) is 4.35. The molecule has 0 aliphatic carbocycles. The van der Waals surface area contributed by atoms with Gasteiger partial charge in [-0.1, -0.05) is 12.1 Å². The largest absolute Gasteiger partial charge is 0.288 e. The van der Waals surface area contributed by atoms with Crippen molar-refractivity contribution in [3.05, 3.63) is 59.7 Å². The third-order valence-corrected chi connectivity index (χ3v) is 3.16. The number of carbonyl (C=O) groups excluding carboxylic acids is 1. The molecule has 0 amide bonds. The van der Waals surface area contributed by atoms with Crippen molar-refractivity contribution in [3.63, 3.8) is 0 Å². The maximum absolute atomic E-state index is 13.5. The second-order valence-electron chi connectivity index (χ2n) is 3.38. The molecule has 1 heterocycles. The molecule has 1 aromatic heterocycles. The number of benzene rings is 1. The molecule has 0 N–H and O–H groups in total. The van der Waals surface area contributed by atoms with E-state index < -0.39 is 5.82 Å². The van der Waals surface area contributed by atoms with Crippen LogP contribution in [0.5, 0.6) is 0 Å². The quantitative estimate of drug-likeness (QED) is 0.616. The Kier molecular flexibility index (Phi) is 3.54. The molecule has 0 fully saturated rings. The lowest BCUT2D eigenvalue weighted by Gasteiger charge is -2.06. The summed E-state index contributed by atoms with van der Waals surface area (Å²) in [6, 6.07) is 8.57. The number of hydrogen-bond donors (Lipinski definition) is 0. The molecule has 0 saturated carbocycles. The highest BCUT2D eigenvalue weighted by Gasteiger charge is 2.16. The fourth-order valence-electron chi connectivity index (χ4n) is 1.54.